The van der Waals surface area contributed by atoms with E-state index in [2.05, 4.69) is 23.5 Å². The molecule has 2 rings (SSSR count). The summed E-state index contributed by atoms with van der Waals surface area (Å²) in [6, 6.07) is 6.21. The fraction of sp³-hybridized carbons (Fsp3) is 0.533. The maximum Gasteiger partial charge on any atom is 0.224 e. The summed E-state index contributed by atoms with van der Waals surface area (Å²) in [6.45, 7) is 4.68. The average molecular weight is 266 g/mol. The molecule has 0 aliphatic heterocycles. The molecule has 1 fully saturated rings. The third kappa shape index (κ3) is 3.74. The van der Waals surface area contributed by atoms with Crippen LogP contribution < -0.4 is 5.32 Å². The fourth-order valence-corrected chi connectivity index (χ4v) is 2.39. The molecular weight excluding hydrogens is 246 g/mol. The smallest absolute Gasteiger partial charge is 0.224 e. The minimum absolute atomic E-state index is 0.0648. The standard InChI is InChI=1S/C15H20ClNO/c1-10-3-4-11(2)13(7-10)8-15(18)17-9-14(16)12-5-6-12/h3-4,7,12,14H,5-6,8-9H2,1-2H3,(H,17,18). The highest BCUT2D eigenvalue weighted by Crippen LogP contribution is 2.35. The van der Waals surface area contributed by atoms with Gasteiger partial charge < -0.3 is 5.32 Å². The molecule has 18 heavy (non-hydrogen) atoms. The van der Waals surface area contributed by atoms with Gasteiger partial charge in [-0.25, -0.2) is 0 Å². The zero-order chi connectivity index (χ0) is 13.1. The van der Waals surface area contributed by atoms with Gasteiger partial charge in [-0.1, -0.05) is 23.8 Å². The van der Waals surface area contributed by atoms with Crippen LogP contribution in [0.15, 0.2) is 18.2 Å². The van der Waals surface area contributed by atoms with E-state index in [1.54, 1.807) is 0 Å². The summed E-state index contributed by atoms with van der Waals surface area (Å²) >= 11 is 6.17. The van der Waals surface area contributed by atoms with Crippen molar-refractivity contribution in [2.75, 3.05) is 6.54 Å². The number of carbonyl (C=O) groups excluding carboxylic acids is 1. The normalized spacial score (nSPS) is 16.4. The van der Waals surface area contributed by atoms with Crippen LogP contribution in [0.3, 0.4) is 0 Å². The van der Waals surface area contributed by atoms with Crippen LogP contribution >= 0.6 is 11.6 Å². The highest BCUT2D eigenvalue weighted by atomic mass is 35.5. The minimum atomic E-state index is 0.0648. The van der Waals surface area contributed by atoms with Crippen LogP contribution in [0.5, 0.6) is 0 Å². The van der Waals surface area contributed by atoms with Crippen LogP contribution in [-0.4, -0.2) is 17.8 Å². The first-order valence-electron chi connectivity index (χ1n) is 6.53. The number of benzene rings is 1. The second-order valence-electron chi connectivity index (χ2n) is 5.26. The van der Waals surface area contributed by atoms with Gasteiger partial charge in [0.15, 0.2) is 0 Å². The molecule has 1 saturated carbocycles. The van der Waals surface area contributed by atoms with Gasteiger partial charge in [0, 0.05) is 6.54 Å². The van der Waals surface area contributed by atoms with E-state index in [9.17, 15) is 4.79 Å². The molecule has 0 radical (unpaired) electrons. The van der Waals surface area contributed by atoms with Crippen LogP contribution in [0.2, 0.25) is 0 Å². The van der Waals surface area contributed by atoms with Gasteiger partial charge in [0.25, 0.3) is 0 Å². The van der Waals surface area contributed by atoms with E-state index in [0.29, 0.717) is 18.9 Å². The molecule has 1 aliphatic rings. The van der Waals surface area contributed by atoms with E-state index in [1.165, 1.54) is 24.0 Å². The van der Waals surface area contributed by atoms with Crippen molar-refractivity contribution in [3.8, 4) is 0 Å². The van der Waals surface area contributed by atoms with Gasteiger partial charge >= 0.3 is 0 Å². The molecule has 0 bridgehead atoms. The van der Waals surface area contributed by atoms with Gasteiger partial charge in [0.2, 0.25) is 5.91 Å². The quantitative estimate of drug-likeness (QED) is 0.815. The Hall–Kier alpha value is -1.02. The summed E-state index contributed by atoms with van der Waals surface area (Å²) in [5.41, 5.74) is 3.46. The van der Waals surface area contributed by atoms with Crippen LogP contribution in [0.4, 0.5) is 0 Å². The second kappa shape index (κ2) is 5.75. The highest BCUT2D eigenvalue weighted by Gasteiger charge is 2.29. The molecule has 3 heteroatoms. The Morgan fingerprint density at radius 3 is 2.83 bits per heavy atom. The Bertz CT molecular complexity index is 440. The maximum absolute atomic E-state index is 11.9. The van der Waals surface area contributed by atoms with Gasteiger partial charge in [-0.2, -0.15) is 0 Å². The Balaban J connectivity index is 1.84. The van der Waals surface area contributed by atoms with E-state index < -0.39 is 0 Å². The van der Waals surface area contributed by atoms with Crippen molar-refractivity contribution in [2.45, 2.75) is 38.5 Å². The van der Waals surface area contributed by atoms with Gasteiger partial charge in [0.05, 0.1) is 11.8 Å². The molecule has 2 nitrogen and oxygen atoms in total. The number of hydrogen-bond donors (Lipinski definition) is 1. The van der Waals surface area contributed by atoms with Crippen molar-refractivity contribution >= 4 is 17.5 Å². The van der Waals surface area contributed by atoms with Crippen molar-refractivity contribution in [3.05, 3.63) is 34.9 Å². The fourth-order valence-electron chi connectivity index (χ4n) is 2.06. The first-order chi connectivity index (χ1) is 8.56. The Kier molecular flexibility index (Phi) is 4.28. The first kappa shape index (κ1) is 13.4. The zero-order valence-electron chi connectivity index (χ0n) is 11.0. The molecule has 1 unspecified atom stereocenters. The molecule has 1 amide bonds. The lowest BCUT2D eigenvalue weighted by Gasteiger charge is -2.11. The van der Waals surface area contributed by atoms with Crippen molar-refractivity contribution in [3.63, 3.8) is 0 Å². The number of rotatable bonds is 5. The second-order valence-corrected chi connectivity index (χ2v) is 5.82. The molecule has 0 aromatic heterocycles. The molecule has 1 atom stereocenters. The molecule has 1 aliphatic carbocycles. The van der Waals surface area contributed by atoms with Crippen LogP contribution in [0.25, 0.3) is 0 Å². The minimum Gasteiger partial charge on any atom is -0.354 e. The van der Waals surface area contributed by atoms with E-state index >= 15 is 0 Å². The number of carbonyl (C=O) groups is 1. The molecule has 0 saturated heterocycles. The van der Waals surface area contributed by atoms with Crippen molar-refractivity contribution in [1.82, 2.24) is 5.32 Å². The van der Waals surface area contributed by atoms with Gasteiger partial charge in [-0.3, -0.25) is 4.79 Å². The molecule has 0 heterocycles. The molecule has 0 spiro atoms. The third-order valence-corrected chi connectivity index (χ3v) is 3.99. The molecule has 1 aromatic rings. The summed E-state index contributed by atoms with van der Waals surface area (Å²) in [5, 5.41) is 3.03. The predicted molar refractivity (Wildman–Crippen MR) is 75.0 cm³/mol. The summed E-state index contributed by atoms with van der Waals surface area (Å²) in [5.74, 6) is 0.683. The molecular formula is C15H20ClNO. The topological polar surface area (TPSA) is 29.1 Å². The predicted octanol–water partition coefficient (Wildman–Crippen LogP) is 2.98. The Morgan fingerprint density at radius 2 is 2.17 bits per heavy atom. The Morgan fingerprint density at radius 1 is 1.44 bits per heavy atom. The monoisotopic (exact) mass is 265 g/mol. The summed E-state index contributed by atoms with van der Waals surface area (Å²) < 4.78 is 0. The average Bonchev–Trinajstić information content (AvgIpc) is 3.15. The zero-order valence-corrected chi connectivity index (χ0v) is 11.8. The molecule has 1 N–H and O–H groups in total. The lowest BCUT2D eigenvalue weighted by Crippen LogP contribution is -2.31. The lowest BCUT2D eigenvalue weighted by atomic mass is 10.0. The number of hydrogen-bond acceptors (Lipinski definition) is 1. The van der Waals surface area contributed by atoms with Crippen molar-refractivity contribution in [2.24, 2.45) is 5.92 Å². The number of amides is 1. The van der Waals surface area contributed by atoms with Crippen LogP contribution in [0, 0.1) is 19.8 Å². The maximum atomic E-state index is 11.9. The molecule has 1 aromatic carbocycles. The van der Waals surface area contributed by atoms with Crippen LogP contribution in [-0.2, 0) is 11.2 Å². The third-order valence-electron chi connectivity index (χ3n) is 3.48. The van der Waals surface area contributed by atoms with Gasteiger partial charge in [-0.15, -0.1) is 11.6 Å². The summed E-state index contributed by atoms with van der Waals surface area (Å²) in [4.78, 5) is 11.9. The summed E-state index contributed by atoms with van der Waals surface area (Å²) in [7, 11) is 0. The largest absolute Gasteiger partial charge is 0.354 e. The first-order valence-corrected chi connectivity index (χ1v) is 6.97. The van der Waals surface area contributed by atoms with Gasteiger partial charge in [-0.05, 0) is 43.7 Å². The highest BCUT2D eigenvalue weighted by molar-refractivity contribution is 6.21. The van der Waals surface area contributed by atoms with Crippen molar-refractivity contribution < 1.29 is 4.79 Å². The van der Waals surface area contributed by atoms with E-state index in [4.69, 9.17) is 11.6 Å². The van der Waals surface area contributed by atoms with E-state index in [-0.39, 0.29) is 11.3 Å². The van der Waals surface area contributed by atoms with E-state index in [1.807, 2.05) is 13.8 Å². The number of alkyl halides is 1. The van der Waals surface area contributed by atoms with E-state index in [0.717, 1.165) is 5.56 Å². The number of halogens is 1. The SMILES string of the molecule is Cc1ccc(C)c(CC(=O)NCC(Cl)C2CC2)c1. The van der Waals surface area contributed by atoms with Gasteiger partial charge in [0.1, 0.15) is 0 Å². The molecule has 98 valence electrons. The van der Waals surface area contributed by atoms with Crippen LogP contribution in [0.1, 0.15) is 29.5 Å². The summed E-state index contributed by atoms with van der Waals surface area (Å²) in [6.07, 6.45) is 2.86. The number of aryl methyl sites for hydroxylation is 2. The Labute approximate surface area is 114 Å². The lowest BCUT2D eigenvalue weighted by molar-refractivity contribution is -0.120. The number of nitrogens with one attached hydrogen (secondary N) is 1. The van der Waals surface area contributed by atoms with Crippen molar-refractivity contribution in [1.29, 1.82) is 0 Å².